The Labute approximate surface area is 187 Å². The van der Waals surface area contributed by atoms with Crippen LogP contribution in [0.4, 0.5) is 0 Å². The highest BCUT2D eigenvalue weighted by molar-refractivity contribution is 6.33. The molecule has 0 saturated heterocycles. The molecule has 0 spiro atoms. The third-order valence-corrected chi connectivity index (χ3v) is 5.54. The molecule has 154 valence electrons. The van der Waals surface area contributed by atoms with Crippen LogP contribution in [0.5, 0.6) is 0 Å². The fourth-order valence-electron chi connectivity index (χ4n) is 3.51. The largest absolute Gasteiger partial charge is 0.348 e. The van der Waals surface area contributed by atoms with Crippen LogP contribution in [0.3, 0.4) is 0 Å². The summed E-state index contributed by atoms with van der Waals surface area (Å²) in [6, 6.07) is 31.7. The number of carbonyl (C=O) groups is 1. The standard InChI is InChI=1S/C27H23ClN2O/c28-26-14-13-24(27(31)30-18-20-6-4-5-19(15-20)17-29)16-25(26)23-11-9-22(10-12-23)21-7-2-1-3-8-21/h1-16H,17-18,29H2,(H,30,31). The number of carbonyl (C=O) groups excluding carboxylic acids is 1. The van der Waals surface area contributed by atoms with E-state index in [0.717, 1.165) is 33.4 Å². The third kappa shape index (κ3) is 5.02. The van der Waals surface area contributed by atoms with Crippen LogP contribution in [-0.4, -0.2) is 5.91 Å². The van der Waals surface area contributed by atoms with E-state index in [0.29, 0.717) is 23.7 Å². The fourth-order valence-corrected chi connectivity index (χ4v) is 3.74. The average Bonchev–Trinajstić information content (AvgIpc) is 2.83. The van der Waals surface area contributed by atoms with Crippen molar-refractivity contribution in [2.24, 2.45) is 5.73 Å². The Bertz CT molecular complexity index is 1190. The normalized spacial score (nSPS) is 10.6. The number of nitrogens with two attached hydrogens (primary N) is 1. The highest BCUT2D eigenvalue weighted by Crippen LogP contribution is 2.31. The highest BCUT2D eigenvalue weighted by Gasteiger charge is 2.11. The van der Waals surface area contributed by atoms with Crippen molar-refractivity contribution in [1.29, 1.82) is 0 Å². The molecule has 0 aliphatic carbocycles. The topological polar surface area (TPSA) is 55.1 Å². The van der Waals surface area contributed by atoms with Gasteiger partial charge in [0.25, 0.3) is 5.91 Å². The number of hydrogen-bond acceptors (Lipinski definition) is 2. The van der Waals surface area contributed by atoms with Gasteiger partial charge in [0.05, 0.1) is 0 Å². The molecule has 0 unspecified atom stereocenters. The van der Waals surface area contributed by atoms with Crippen LogP contribution in [0.1, 0.15) is 21.5 Å². The second kappa shape index (κ2) is 9.61. The van der Waals surface area contributed by atoms with Crippen molar-refractivity contribution >= 4 is 17.5 Å². The maximum absolute atomic E-state index is 12.7. The summed E-state index contributed by atoms with van der Waals surface area (Å²) >= 11 is 6.46. The lowest BCUT2D eigenvalue weighted by atomic mass is 9.99. The predicted molar refractivity (Wildman–Crippen MR) is 128 cm³/mol. The first-order valence-electron chi connectivity index (χ1n) is 10.2. The number of nitrogens with one attached hydrogen (secondary N) is 1. The molecule has 0 aliphatic heterocycles. The van der Waals surface area contributed by atoms with Crippen LogP contribution in [0.2, 0.25) is 5.02 Å². The summed E-state index contributed by atoms with van der Waals surface area (Å²) in [6.07, 6.45) is 0. The van der Waals surface area contributed by atoms with E-state index in [-0.39, 0.29) is 5.91 Å². The minimum atomic E-state index is -0.142. The quantitative estimate of drug-likeness (QED) is 0.393. The van der Waals surface area contributed by atoms with Gasteiger partial charge in [0.15, 0.2) is 0 Å². The van der Waals surface area contributed by atoms with Crippen molar-refractivity contribution in [3.8, 4) is 22.3 Å². The third-order valence-electron chi connectivity index (χ3n) is 5.21. The van der Waals surface area contributed by atoms with Crippen molar-refractivity contribution in [2.45, 2.75) is 13.1 Å². The van der Waals surface area contributed by atoms with Crippen molar-refractivity contribution in [3.63, 3.8) is 0 Å². The molecule has 3 N–H and O–H groups in total. The SMILES string of the molecule is NCc1cccc(CNC(=O)c2ccc(Cl)c(-c3ccc(-c4ccccc4)cc3)c2)c1. The maximum atomic E-state index is 12.7. The molecular formula is C27H23ClN2O. The van der Waals surface area contributed by atoms with E-state index in [1.807, 2.05) is 60.7 Å². The summed E-state index contributed by atoms with van der Waals surface area (Å²) in [6.45, 7) is 0.918. The van der Waals surface area contributed by atoms with Crippen LogP contribution in [0.25, 0.3) is 22.3 Å². The smallest absolute Gasteiger partial charge is 0.251 e. The maximum Gasteiger partial charge on any atom is 0.251 e. The van der Waals surface area contributed by atoms with Gasteiger partial charge in [0.1, 0.15) is 0 Å². The molecule has 0 saturated carbocycles. The lowest BCUT2D eigenvalue weighted by Gasteiger charge is -2.10. The van der Waals surface area contributed by atoms with E-state index < -0.39 is 0 Å². The molecule has 4 rings (SSSR count). The van der Waals surface area contributed by atoms with Crippen LogP contribution >= 0.6 is 11.6 Å². The van der Waals surface area contributed by atoms with Gasteiger partial charge in [0, 0.05) is 29.2 Å². The van der Waals surface area contributed by atoms with Gasteiger partial charge in [-0.1, -0.05) is 90.5 Å². The van der Waals surface area contributed by atoms with E-state index in [2.05, 4.69) is 29.6 Å². The average molecular weight is 427 g/mol. The predicted octanol–water partition coefficient (Wildman–Crippen LogP) is 6.06. The van der Waals surface area contributed by atoms with Gasteiger partial charge in [-0.3, -0.25) is 4.79 Å². The first-order valence-corrected chi connectivity index (χ1v) is 10.5. The molecule has 0 aliphatic rings. The Morgan fingerprint density at radius 3 is 2.16 bits per heavy atom. The van der Waals surface area contributed by atoms with Crippen molar-refractivity contribution in [1.82, 2.24) is 5.32 Å². The Morgan fingerprint density at radius 1 is 0.742 bits per heavy atom. The first kappa shape index (κ1) is 20.9. The zero-order valence-corrected chi connectivity index (χ0v) is 17.8. The summed E-state index contributed by atoms with van der Waals surface area (Å²) < 4.78 is 0. The summed E-state index contributed by atoms with van der Waals surface area (Å²) in [5.41, 5.74) is 12.4. The van der Waals surface area contributed by atoms with Crippen LogP contribution in [-0.2, 0) is 13.1 Å². The van der Waals surface area contributed by atoms with E-state index in [1.54, 1.807) is 12.1 Å². The minimum absolute atomic E-state index is 0.142. The van der Waals surface area contributed by atoms with E-state index in [9.17, 15) is 4.79 Å². The Hall–Kier alpha value is -3.40. The van der Waals surface area contributed by atoms with Crippen molar-refractivity contribution in [2.75, 3.05) is 0 Å². The summed E-state index contributed by atoms with van der Waals surface area (Å²) in [5, 5.41) is 3.58. The van der Waals surface area contributed by atoms with Gasteiger partial charge >= 0.3 is 0 Å². The van der Waals surface area contributed by atoms with Gasteiger partial charge in [-0.25, -0.2) is 0 Å². The number of halogens is 1. The number of rotatable bonds is 6. The zero-order chi connectivity index (χ0) is 21.6. The lowest BCUT2D eigenvalue weighted by molar-refractivity contribution is 0.0951. The van der Waals surface area contributed by atoms with Crippen LogP contribution in [0, 0.1) is 0 Å². The summed E-state index contributed by atoms with van der Waals surface area (Å²) in [4.78, 5) is 12.7. The Morgan fingerprint density at radius 2 is 1.42 bits per heavy atom. The summed E-state index contributed by atoms with van der Waals surface area (Å²) in [7, 11) is 0. The molecule has 0 bridgehead atoms. The molecule has 1 amide bonds. The molecule has 0 aromatic heterocycles. The first-order chi connectivity index (χ1) is 15.1. The number of hydrogen-bond donors (Lipinski definition) is 2. The van der Waals surface area contributed by atoms with E-state index in [4.69, 9.17) is 17.3 Å². The van der Waals surface area contributed by atoms with E-state index in [1.165, 1.54) is 0 Å². The molecule has 0 fully saturated rings. The molecule has 31 heavy (non-hydrogen) atoms. The molecule has 4 heteroatoms. The molecule has 4 aromatic carbocycles. The Balaban J connectivity index is 1.52. The van der Waals surface area contributed by atoms with Gasteiger partial charge < -0.3 is 11.1 Å². The molecule has 0 radical (unpaired) electrons. The minimum Gasteiger partial charge on any atom is -0.348 e. The molecule has 0 atom stereocenters. The number of benzene rings is 4. The van der Waals surface area contributed by atoms with Gasteiger partial charge in [-0.05, 0) is 46.0 Å². The number of amides is 1. The highest BCUT2D eigenvalue weighted by atomic mass is 35.5. The fraction of sp³-hybridized carbons (Fsp3) is 0.0741. The van der Waals surface area contributed by atoms with Crippen molar-refractivity contribution < 1.29 is 4.79 Å². The van der Waals surface area contributed by atoms with Gasteiger partial charge in [0.2, 0.25) is 0 Å². The summed E-state index contributed by atoms with van der Waals surface area (Å²) in [5.74, 6) is -0.142. The van der Waals surface area contributed by atoms with Crippen LogP contribution < -0.4 is 11.1 Å². The lowest BCUT2D eigenvalue weighted by Crippen LogP contribution is -2.22. The molecule has 4 aromatic rings. The van der Waals surface area contributed by atoms with E-state index >= 15 is 0 Å². The Kier molecular flexibility index (Phi) is 6.46. The van der Waals surface area contributed by atoms with Gasteiger partial charge in [-0.15, -0.1) is 0 Å². The monoisotopic (exact) mass is 426 g/mol. The zero-order valence-electron chi connectivity index (χ0n) is 17.0. The van der Waals surface area contributed by atoms with Crippen molar-refractivity contribution in [3.05, 3.63) is 119 Å². The molecule has 0 heterocycles. The van der Waals surface area contributed by atoms with Gasteiger partial charge in [-0.2, -0.15) is 0 Å². The molecular weight excluding hydrogens is 404 g/mol. The van der Waals surface area contributed by atoms with Crippen LogP contribution in [0.15, 0.2) is 97.1 Å². The second-order valence-electron chi connectivity index (χ2n) is 7.34. The molecule has 3 nitrogen and oxygen atoms in total. The second-order valence-corrected chi connectivity index (χ2v) is 7.75.